The number of aromatic nitrogens is 1. The summed E-state index contributed by atoms with van der Waals surface area (Å²) in [6.45, 7) is 0. The summed E-state index contributed by atoms with van der Waals surface area (Å²) in [6, 6.07) is 14.0. The van der Waals surface area contributed by atoms with E-state index in [4.69, 9.17) is 0 Å². The maximum Gasteiger partial charge on any atom is 0.227 e. The van der Waals surface area contributed by atoms with Crippen LogP contribution in [0.5, 0.6) is 0 Å². The standard InChI is InChI=1S/C19H15FN2OS/c20-15-8-6-12(7-9-15)17-11-24-19(22-17)14-2-1-3-16(10-14)21-18(23)13-4-5-13/h1-3,6-11,13H,4-5H2,(H,21,23). The first-order chi connectivity index (χ1) is 11.7. The molecule has 1 fully saturated rings. The zero-order valence-electron chi connectivity index (χ0n) is 12.8. The van der Waals surface area contributed by atoms with Crippen molar-refractivity contribution in [3.8, 4) is 21.8 Å². The molecule has 1 saturated carbocycles. The summed E-state index contributed by atoms with van der Waals surface area (Å²) in [5, 5.41) is 5.78. The first-order valence-electron chi connectivity index (χ1n) is 7.82. The highest BCUT2D eigenvalue weighted by Gasteiger charge is 2.29. The van der Waals surface area contributed by atoms with Crippen molar-refractivity contribution in [1.29, 1.82) is 0 Å². The molecule has 0 radical (unpaired) electrons. The number of hydrogen-bond donors (Lipinski definition) is 1. The van der Waals surface area contributed by atoms with Crippen molar-refractivity contribution in [3.05, 3.63) is 59.7 Å². The van der Waals surface area contributed by atoms with E-state index in [9.17, 15) is 9.18 Å². The molecule has 0 atom stereocenters. The van der Waals surface area contributed by atoms with Gasteiger partial charge in [0.15, 0.2) is 0 Å². The van der Waals surface area contributed by atoms with Gasteiger partial charge in [-0.05, 0) is 49.2 Å². The molecule has 0 bridgehead atoms. The van der Waals surface area contributed by atoms with Gasteiger partial charge in [-0.1, -0.05) is 12.1 Å². The number of amides is 1. The molecule has 1 N–H and O–H groups in total. The van der Waals surface area contributed by atoms with Gasteiger partial charge in [-0.2, -0.15) is 0 Å². The third kappa shape index (κ3) is 3.21. The van der Waals surface area contributed by atoms with Crippen molar-refractivity contribution >= 4 is 22.9 Å². The average Bonchev–Trinajstić information content (AvgIpc) is 3.33. The van der Waals surface area contributed by atoms with Crippen LogP contribution in [0.25, 0.3) is 21.8 Å². The molecule has 0 spiro atoms. The van der Waals surface area contributed by atoms with E-state index in [2.05, 4.69) is 10.3 Å². The van der Waals surface area contributed by atoms with E-state index in [1.54, 1.807) is 12.1 Å². The summed E-state index contributed by atoms with van der Waals surface area (Å²) in [6.07, 6.45) is 1.97. The lowest BCUT2D eigenvalue weighted by molar-refractivity contribution is -0.117. The quantitative estimate of drug-likeness (QED) is 0.730. The predicted molar refractivity (Wildman–Crippen MR) is 94.3 cm³/mol. The molecule has 1 heterocycles. The van der Waals surface area contributed by atoms with Gasteiger partial charge in [-0.15, -0.1) is 11.3 Å². The van der Waals surface area contributed by atoms with Crippen LogP contribution in [0.1, 0.15) is 12.8 Å². The molecule has 4 rings (SSSR count). The van der Waals surface area contributed by atoms with Crippen LogP contribution in [-0.4, -0.2) is 10.9 Å². The van der Waals surface area contributed by atoms with Gasteiger partial charge in [0.1, 0.15) is 10.8 Å². The van der Waals surface area contributed by atoms with Crippen molar-refractivity contribution in [2.45, 2.75) is 12.8 Å². The number of nitrogens with zero attached hydrogens (tertiary/aromatic N) is 1. The third-order valence-electron chi connectivity index (χ3n) is 3.97. The van der Waals surface area contributed by atoms with Crippen molar-refractivity contribution in [3.63, 3.8) is 0 Å². The number of thiazole rings is 1. The van der Waals surface area contributed by atoms with Gasteiger partial charge in [0.05, 0.1) is 5.69 Å². The van der Waals surface area contributed by atoms with Gasteiger partial charge in [0, 0.05) is 28.1 Å². The molecule has 1 aliphatic carbocycles. The molecule has 0 saturated heterocycles. The number of halogens is 1. The lowest BCUT2D eigenvalue weighted by atomic mass is 10.1. The van der Waals surface area contributed by atoms with E-state index in [1.165, 1.54) is 23.5 Å². The lowest BCUT2D eigenvalue weighted by Crippen LogP contribution is -2.13. The monoisotopic (exact) mass is 338 g/mol. The number of anilines is 1. The van der Waals surface area contributed by atoms with E-state index >= 15 is 0 Å². The Morgan fingerprint density at radius 3 is 2.67 bits per heavy atom. The fraction of sp³-hybridized carbons (Fsp3) is 0.158. The van der Waals surface area contributed by atoms with Crippen molar-refractivity contribution in [2.75, 3.05) is 5.32 Å². The Bertz CT molecular complexity index is 884. The smallest absolute Gasteiger partial charge is 0.227 e. The summed E-state index contributed by atoms with van der Waals surface area (Å²) in [5.74, 6) is 0.0187. The SMILES string of the molecule is O=C(Nc1cccc(-c2nc(-c3ccc(F)cc3)cs2)c1)C1CC1. The van der Waals surface area contributed by atoms with Gasteiger partial charge >= 0.3 is 0 Å². The molecule has 1 amide bonds. The molecule has 120 valence electrons. The Kier molecular flexibility index (Phi) is 3.86. The Balaban J connectivity index is 1.57. The van der Waals surface area contributed by atoms with Gasteiger partial charge in [-0.3, -0.25) is 4.79 Å². The fourth-order valence-corrected chi connectivity index (χ4v) is 3.31. The average molecular weight is 338 g/mol. The van der Waals surface area contributed by atoms with Crippen LogP contribution in [0.15, 0.2) is 53.9 Å². The number of hydrogen-bond acceptors (Lipinski definition) is 3. The minimum atomic E-state index is -0.256. The minimum Gasteiger partial charge on any atom is -0.326 e. The first kappa shape index (κ1) is 15.0. The molecule has 1 aliphatic rings. The Hall–Kier alpha value is -2.53. The second kappa shape index (κ2) is 6.17. The van der Waals surface area contributed by atoms with E-state index in [1.807, 2.05) is 29.6 Å². The van der Waals surface area contributed by atoms with Crippen LogP contribution < -0.4 is 5.32 Å². The number of carbonyl (C=O) groups is 1. The lowest BCUT2D eigenvalue weighted by Gasteiger charge is -2.05. The van der Waals surface area contributed by atoms with Gasteiger partial charge in [0.2, 0.25) is 5.91 Å². The van der Waals surface area contributed by atoms with Crippen molar-refractivity contribution in [1.82, 2.24) is 4.98 Å². The Morgan fingerprint density at radius 1 is 1.12 bits per heavy atom. The summed E-state index contributed by atoms with van der Waals surface area (Å²) in [7, 11) is 0. The van der Waals surface area contributed by atoms with Gasteiger partial charge < -0.3 is 5.32 Å². The predicted octanol–water partition coefficient (Wildman–Crippen LogP) is 4.96. The maximum atomic E-state index is 13.0. The van der Waals surface area contributed by atoms with Crippen LogP contribution >= 0.6 is 11.3 Å². The first-order valence-corrected chi connectivity index (χ1v) is 8.70. The molecule has 3 aromatic rings. The van der Waals surface area contributed by atoms with Gasteiger partial charge in [-0.25, -0.2) is 9.37 Å². The van der Waals surface area contributed by atoms with Gasteiger partial charge in [0.25, 0.3) is 0 Å². The topological polar surface area (TPSA) is 42.0 Å². The fourth-order valence-electron chi connectivity index (χ4n) is 2.48. The molecule has 0 aliphatic heterocycles. The second-order valence-electron chi connectivity index (χ2n) is 5.89. The zero-order valence-corrected chi connectivity index (χ0v) is 13.6. The van der Waals surface area contributed by atoms with Crippen molar-refractivity contribution in [2.24, 2.45) is 5.92 Å². The molecule has 3 nitrogen and oxygen atoms in total. The normalized spacial score (nSPS) is 13.7. The molecular formula is C19H15FN2OS. The minimum absolute atomic E-state index is 0.0956. The highest BCUT2D eigenvalue weighted by molar-refractivity contribution is 7.13. The molecule has 2 aromatic carbocycles. The van der Waals surface area contributed by atoms with E-state index in [0.717, 1.165) is 40.4 Å². The highest BCUT2D eigenvalue weighted by atomic mass is 32.1. The number of nitrogens with one attached hydrogen (secondary N) is 1. The summed E-state index contributed by atoms with van der Waals surface area (Å²) >= 11 is 1.53. The largest absolute Gasteiger partial charge is 0.326 e. The summed E-state index contributed by atoms with van der Waals surface area (Å²) in [5.41, 5.74) is 3.46. The van der Waals surface area contributed by atoms with Crippen LogP contribution in [-0.2, 0) is 4.79 Å². The van der Waals surface area contributed by atoms with E-state index in [-0.39, 0.29) is 17.6 Å². The summed E-state index contributed by atoms with van der Waals surface area (Å²) in [4.78, 5) is 16.5. The van der Waals surface area contributed by atoms with E-state index in [0.29, 0.717) is 0 Å². The number of benzene rings is 2. The Labute approximate surface area is 143 Å². The molecule has 1 aromatic heterocycles. The molecular weight excluding hydrogens is 323 g/mol. The third-order valence-corrected chi connectivity index (χ3v) is 4.86. The highest BCUT2D eigenvalue weighted by Crippen LogP contribution is 2.32. The van der Waals surface area contributed by atoms with Crippen LogP contribution in [0.2, 0.25) is 0 Å². The molecule has 24 heavy (non-hydrogen) atoms. The molecule has 5 heteroatoms. The van der Waals surface area contributed by atoms with Crippen LogP contribution in [0.3, 0.4) is 0 Å². The van der Waals surface area contributed by atoms with Crippen LogP contribution in [0.4, 0.5) is 10.1 Å². The van der Waals surface area contributed by atoms with E-state index < -0.39 is 0 Å². The van der Waals surface area contributed by atoms with Crippen molar-refractivity contribution < 1.29 is 9.18 Å². The number of carbonyl (C=O) groups excluding carboxylic acids is 1. The second-order valence-corrected chi connectivity index (χ2v) is 6.75. The number of rotatable bonds is 4. The van der Waals surface area contributed by atoms with Crippen LogP contribution in [0, 0.1) is 11.7 Å². The summed E-state index contributed by atoms with van der Waals surface area (Å²) < 4.78 is 13.0. The molecule has 0 unspecified atom stereocenters. The zero-order chi connectivity index (χ0) is 16.5. The maximum absolute atomic E-state index is 13.0. The Morgan fingerprint density at radius 2 is 1.92 bits per heavy atom.